The van der Waals surface area contributed by atoms with Gasteiger partial charge in [-0.25, -0.2) is 0 Å². The molecule has 19 heavy (non-hydrogen) atoms. The van der Waals surface area contributed by atoms with Gasteiger partial charge in [0.1, 0.15) is 0 Å². The third kappa shape index (κ3) is 2.51. The van der Waals surface area contributed by atoms with Crippen LogP contribution < -0.4 is 0 Å². The maximum absolute atomic E-state index is 6.30. The Balaban J connectivity index is 2.10. The van der Waals surface area contributed by atoms with Crippen molar-refractivity contribution in [3.63, 3.8) is 0 Å². The molecule has 3 aromatic rings. The van der Waals surface area contributed by atoms with Gasteiger partial charge in [0.25, 0.3) is 0 Å². The van der Waals surface area contributed by atoms with Crippen LogP contribution in [0.25, 0.3) is 22.9 Å². The van der Waals surface area contributed by atoms with Crippen LogP contribution in [0.15, 0.2) is 60.8 Å². The molecule has 0 saturated carbocycles. The molecular formula is C17H12ClN. The zero-order valence-corrected chi connectivity index (χ0v) is 11.0. The highest BCUT2D eigenvalue weighted by atomic mass is 35.5. The first-order valence-electron chi connectivity index (χ1n) is 6.11. The molecule has 1 heterocycles. The van der Waals surface area contributed by atoms with Crippen molar-refractivity contribution in [2.24, 2.45) is 0 Å². The van der Waals surface area contributed by atoms with E-state index >= 15 is 0 Å². The molecule has 3 rings (SSSR count). The maximum Gasteiger partial charge on any atom is 0.0629 e. The fourth-order valence-corrected chi connectivity index (χ4v) is 2.31. The molecule has 0 aliphatic heterocycles. The second kappa shape index (κ2) is 5.25. The Morgan fingerprint density at radius 3 is 2.53 bits per heavy atom. The van der Waals surface area contributed by atoms with Crippen LogP contribution in [-0.2, 0) is 0 Å². The maximum atomic E-state index is 6.30. The summed E-state index contributed by atoms with van der Waals surface area (Å²) in [5.74, 6) is 0. The van der Waals surface area contributed by atoms with Crippen LogP contribution in [0.1, 0.15) is 11.3 Å². The Kier molecular flexibility index (Phi) is 3.30. The minimum absolute atomic E-state index is 0.755. The zero-order valence-electron chi connectivity index (χ0n) is 10.3. The standard InChI is InChI=1S/C17H12ClN/c18-17-11-8-13-5-1-2-7-15(13)16(17)10-9-14-6-3-4-12-19-14/h1-12H/b10-9+. The van der Waals surface area contributed by atoms with E-state index in [2.05, 4.69) is 17.1 Å². The van der Waals surface area contributed by atoms with Crippen LogP contribution in [0, 0.1) is 0 Å². The van der Waals surface area contributed by atoms with Crippen LogP contribution in [0.5, 0.6) is 0 Å². The number of halogens is 1. The summed E-state index contributed by atoms with van der Waals surface area (Å²) < 4.78 is 0. The molecule has 0 radical (unpaired) electrons. The number of aromatic nitrogens is 1. The molecule has 0 N–H and O–H groups in total. The first kappa shape index (κ1) is 11.9. The molecule has 92 valence electrons. The van der Waals surface area contributed by atoms with Gasteiger partial charge >= 0.3 is 0 Å². The van der Waals surface area contributed by atoms with Gasteiger partial charge in [0.2, 0.25) is 0 Å². The lowest BCUT2D eigenvalue weighted by Crippen LogP contribution is -1.81. The number of nitrogens with zero attached hydrogens (tertiary/aromatic N) is 1. The Morgan fingerprint density at radius 2 is 1.68 bits per heavy atom. The van der Waals surface area contributed by atoms with E-state index in [9.17, 15) is 0 Å². The van der Waals surface area contributed by atoms with Crippen molar-refractivity contribution < 1.29 is 0 Å². The summed E-state index contributed by atoms with van der Waals surface area (Å²) >= 11 is 6.30. The highest BCUT2D eigenvalue weighted by Crippen LogP contribution is 2.27. The SMILES string of the molecule is Clc1ccc2ccccc2c1/C=C/c1ccccn1. The molecule has 0 saturated heterocycles. The lowest BCUT2D eigenvalue weighted by Gasteiger charge is -2.04. The van der Waals surface area contributed by atoms with Gasteiger partial charge in [-0.2, -0.15) is 0 Å². The zero-order chi connectivity index (χ0) is 13.1. The first-order chi connectivity index (χ1) is 9.34. The molecule has 0 amide bonds. The van der Waals surface area contributed by atoms with Gasteiger partial charge in [0, 0.05) is 16.8 Å². The Bertz CT molecular complexity index is 733. The second-order valence-electron chi connectivity index (χ2n) is 4.27. The molecule has 2 aromatic carbocycles. The van der Waals surface area contributed by atoms with Gasteiger partial charge in [-0.05, 0) is 35.0 Å². The fourth-order valence-electron chi connectivity index (χ4n) is 2.08. The molecule has 1 nitrogen and oxygen atoms in total. The van der Waals surface area contributed by atoms with E-state index in [1.165, 1.54) is 5.39 Å². The molecule has 2 heteroatoms. The van der Waals surface area contributed by atoms with E-state index in [4.69, 9.17) is 11.6 Å². The number of hydrogen-bond donors (Lipinski definition) is 0. The molecule has 0 spiro atoms. The molecule has 0 bridgehead atoms. The van der Waals surface area contributed by atoms with E-state index in [1.807, 2.05) is 54.6 Å². The van der Waals surface area contributed by atoms with Crippen molar-refractivity contribution in [1.82, 2.24) is 4.98 Å². The number of fused-ring (bicyclic) bond motifs is 1. The second-order valence-corrected chi connectivity index (χ2v) is 4.68. The predicted octanol–water partition coefficient (Wildman–Crippen LogP) is 5.06. The Labute approximate surface area is 117 Å². The largest absolute Gasteiger partial charge is 0.257 e. The fraction of sp³-hybridized carbons (Fsp3) is 0. The summed E-state index contributed by atoms with van der Waals surface area (Å²) in [6, 6.07) is 18.0. The minimum Gasteiger partial charge on any atom is -0.257 e. The monoisotopic (exact) mass is 265 g/mol. The van der Waals surface area contributed by atoms with Crippen molar-refractivity contribution in [1.29, 1.82) is 0 Å². The van der Waals surface area contributed by atoms with Crippen molar-refractivity contribution in [2.75, 3.05) is 0 Å². The Hall–Kier alpha value is -2.12. The van der Waals surface area contributed by atoms with Gasteiger partial charge in [0.15, 0.2) is 0 Å². The molecule has 0 fully saturated rings. The Morgan fingerprint density at radius 1 is 0.842 bits per heavy atom. The topological polar surface area (TPSA) is 12.9 Å². The number of rotatable bonds is 2. The average molecular weight is 266 g/mol. The van der Waals surface area contributed by atoms with E-state index in [0.29, 0.717) is 0 Å². The lowest BCUT2D eigenvalue weighted by molar-refractivity contribution is 1.30. The molecular weight excluding hydrogens is 254 g/mol. The summed E-state index contributed by atoms with van der Waals surface area (Å²) in [5, 5.41) is 3.10. The molecule has 0 unspecified atom stereocenters. The third-order valence-electron chi connectivity index (χ3n) is 3.03. The molecule has 1 aromatic heterocycles. The van der Waals surface area contributed by atoms with Gasteiger partial charge < -0.3 is 0 Å². The van der Waals surface area contributed by atoms with Crippen LogP contribution in [0.2, 0.25) is 5.02 Å². The van der Waals surface area contributed by atoms with Crippen LogP contribution in [0.4, 0.5) is 0 Å². The van der Waals surface area contributed by atoms with E-state index in [-0.39, 0.29) is 0 Å². The summed E-state index contributed by atoms with van der Waals surface area (Å²) in [4.78, 5) is 4.27. The van der Waals surface area contributed by atoms with Crippen LogP contribution >= 0.6 is 11.6 Å². The molecule has 0 aliphatic carbocycles. The van der Waals surface area contributed by atoms with Gasteiger partial charge in [-0.15, -0.1) is 0 Å². The van der Waals surface area contributed by atoms with Crippen LogP contribution in [0.3, 0.4) is 0 Å². The quantitative estimate of drug-likeness (QED) is 0.631. The summed E-state index contributed by atoms with van der Waals surface area (Å²) in [5.41, 5.74) is 1.96. The highest BCUT2D eigenvalue weighted by Gasteiger charge is 2.02. The molecule has 0 aliphatic rings. The van der Waals surface area contributed by atoms with Crippen LogP contribution in [-0.4, -0.2) is 4.98 Å². The summed E-state index contributed by atoms with van der Waals surface area (Å²) in [6.45, 7) is 0. The predicted molar refractivity (Wildman–Crippen MR) is 82.1 cm³/mol. The normalized spacial score (nSPS) is 11.2. The van der Waals surface area contributed by atoms with Crippen molar-refractivity contribution in [3.8, 4) is 0 Å². The average Bonchev–Trinajstić information content (AvgIpc) is 2.47. The van der Waals surface area contributed by atoms with Crippen molar-refractivity contribution >= 4 is 34.5 Å². The van der Waals surface area contributed by atoms with E-state index < -0.39 is 0 Å². The van der Waals surface area contributed by atoms with Crippen molar-refractivity contribution in [2.45, 2.75) is 0 Å². The highest BCUT2D eigenvalue weighted by molar-refractivity contribution is 6.33. The molecule has 0 atom stereocenters. The van der Waals surface area contributed by atoms with Crippen molar-refractivity contribution in [3.05, 3.63) is 77.1 Å². The lowest BCUT2D eigenvalue weighted by atomic mass is 10.0. The summed E-state index contributed by atoms with van der Waals surface area (Å²) in [7, 11) is 0. The van der Waals surface area contributed by atoms with Gasteiger partial charge in [-0.1, -0.05) is 54.1 Å². The minimum atomic E-state index is 0.755. The number of benzene rings is 2. The van der Waals surface area contributed by atoms with E-state index in [0.717, 1.165) is 21.7 Å². The smallest absolute Gasteiger partial charge is 0.0629 e. The van der Waals surface area contributed by atoms with Gasteiger partial charge in [0.05, 0.1) is 5.69 Å². The number of pyridine rings is 1. The van der Waals surface area contributed by atoms with E-state index in [1.54, 1.807) is 6.20 Å². The first-order valence-corrected chi connectivity index (χ1v) is 6.49. The summed E-state index contributed by atoms with van der Waals surface area (Å²) in [6.07, 6.45) is 5.78. The number of hydrogen-bond acceptors (Lipinski definition) is 1. The van der Waals surface area contributed by atoms with Gasteiger partial charge in [-0.3, -0.25) is 4.98 Å². The third-order valence-corrected chi connectivity index (χ3v) is 3.36.